The molecular formula is C20H15N5. The first-order valence-electron chi connectivity index (χ1n) is 7.94. The van der Waals surface area contributed by atoms with Crippen molar-refractivity contribution in [2.24, 2.45) is 0 Å². The van der Waals surface area contributed by atoms with Crippen LogP contribution in [0.5, 0.6) is 0 Å². The van der Waals surface area contributed by atoms with E-state index in [1.165, 1.54) is 0 Å². The lowest BCUT2D eigenvalue weighted by Gasteiger charge is -2.08. The molecule has 0 aliphatic rings. The van der Waals surface area contributed by atoms with Crippen LogP contribution in [0.15, 0.2) is 67.1 Å². The summed E-state index contributed by atoms with van der Waals surface area (Å²) in [5.41, 5.74) is 3.88. The van der Waals surface area contributed by atoms with Crippen LogP contribution in [0.3, 0.4) is 0 Å². The molecule has 0 unspecified atom stereocenters. The molecule has 25 heavy (non-hydrogen) atoms. The lowest BCUT2D eigenvalue weighted by Crippen LogP contribution is -2.01. The van der Waals surface area contributed by atoms with Crippen molar-refractivity contribution in [3.8, 4) is 17.2 Å². The molecule has 0 spiro atoms. The Bertz CT molecular complexity index is 1060. The van der Waals surface area contributed by atoms with E-state index in [0.29, 0.717) is 12.1 Å². The Morgan fingerprint density at radius 3 is 2.80 bits per heavy atom. The Labute approximate surface area is 145 Å². The number of benzene rings is 2. The highest BCUT2D eigenvalue weighted by molar-refractivity contribution is 5.88. The van der Waals surface area contributed by atoms with Crippen LogP contribution >= 0.6 is 0 Å². The fraction of sp³-hybridized carbons (Fsp3) is 0.0500. The van der Waals surface area contributed by atoms with Crippen LogP contribution in [-0.4, -0.2) is 15.2 Å². The van der Waals surface area contributed by atoms with Crippen LogP contribution in [0.4, 0.5) is 5.82 Å². The van der Waals surface area contributed by atoms with Crippen LogP contribution in [-0.2, 0) is 6.54 Å². The number of H-pyrrole nitrogens is 1. The van der Waals surface area contributed by atoms with Crippen LogP contribution in [0.2, 0.25) is 0 Å². The van der Waals surface area contributed by atoms with Gasteiger partial charge >= 0.3 is 0 Å². The number of nitrogens with zero attached hydrogens (tertiary/aromatic N) is 3. The van der Waals surface area contributed by atoms with Gasteiger partial charge in [-0.2, -0.15) is 10.4 Å². The summed E-state index contributed by atoms with van der Waals surface area (Å²) < 4.78 is 0. The molecule has 5 heteroatoms. The number of aromatic amines is 1. The number of rotatable bonds is 4. The smallest absolute Gasteiger partial charge is 0.126 e. The summed E-state index contributed by atoms with van der Waals surface area (Å²) in [7, 11) is 0. The number of fused-ring (bicyclic) bond motifs is 1. The third kappa shape index (κ3) is 3.19. The molecule has 0 radical (unpaired) electrons. The molecule has 0 aliphatic heterocycles. The van der Waals surface area contributed by atoms with Gasteiger partial charge in [-0.25, -0.2) is 4.98 Å². The van der Waals surface area contributed by atoms with Crippen molar-refractivity contribution < 1.29 is 0 Å². The molecule has 2 heterocycles. The second-order valence-electron chi connectivity index (χ2n) is 5.78. The third-order valence-corrected chi connectivity index (χ3v) is 4.08. The Morgan fingerprint density at radius 2 is 1.96 bits per heavy atom. The molecule has 0 saturated carbocycles. The molecule has 2 aromatic carbocycles. The number of aromatic nitrogens is 3. The fourth-order valence-electron chi connectivity index (χ4n) is 2.77. The highest BCUT2D eigenvalue weighted by Gasteiger charge is 2.03. The van der Waals surface area contributed by atoms with Crippen LogP contribution in [0.25, 0.3) is 21.9 Å². The standard InChI is InChI=1S/C20H15N5/c21-9-14-2-1-3-15(6-14)10-22-20-8-18-7-16(19-12-24-25-13-19)4-5-17(18)11-23-20/h1-8,11-13H,10H2,(H,22,23)(H,24,25). The molecule has 2 N–H and O–H groups in total. The number of anilines is 1. The van der Waals surface area contributed by atoms with Gasteiger partial charge in [0.2, 0.25) is 0 Å². The normalized spacial score (nSPS) is 10.5. The molecule has 4 aromatic rings. The first-order valence-corrected chi connectivity index (χ1v) is 7.94. The Hall–Kier alpha value is -3.65. The molecule has 5 nitrogen and oxygen atoms in total. The van der Waals surface area contributed by atoms with Crippen molar-refractivity contribution in [2.75, 3.05) is 5.32 Å². The van der Waals surface area contributed by atoms with Crippen LogP contribution in [0, 0.1) is 11.3 Å². The molecule has 4 rings (SSSR count). The molecule has 0 amide bonds. The van der Waals surface area contributed by atoms with Crippen molar-refractivity contribution in [1.29, 1.82) is 5.26 Å². The summed E-state index contributed by atoms with van der Waals surface area (Å²) in [6, 6.07) is 18.0. The highest BCUT2D eigenvalue weighted by Crippen LogP contribution is 2.24. The molecular weight excluding hydrogens is 310 g/mol. The number of hydrogen-bond acceptors (Lipinski definition) is 4. The number of nitrogens with one attached hydrogen (secondary N) is 2. The Morgan fingerprint density at radius 1 is 1.00 bits per heavy atom. The molecule has 0 bridgehead atoms. The van der Waals surface area contributed by atoms with Gasteiger partial charge in [-0.3, -0.25) is 5.10 Å². The second-order valence-corrected chi connectivity index (χ2v) is 5.78. The molecule has 120 valence electrons. The average Bonchev–Trinajstić information content (AvgIpc) is 3.21. The lowest BCUT2D eigenvalue weighted by molar-refractivity contribution is 1.09. The quantitative estimate of drug-likeness (QED) is 0.592. The van der Waals surface area contributed by atoms with Gasteiger partial charge in [-0.1, -0.05) is 24.3 Å². The van der Waals surface area contributed by atoms with E-state index in [2.05, 4.69) is 44.8 Å². The van der Waals surface area contributed by atoms with E-state index in [1.807, 2.05) is 42.9 Å². The van der Waals surface area contributed by atoms with Crippen molar-refractivity contribution in [1.82, 2.24) is 15.2 Å². The number of hydrogen-bond donors (Lipinski definition) is 2. The van der Waals surface area contributed by atoms with E-state index in [4.69, 9.17) is 5.26 Å². The van der Waals surface area contributed by atoms with Crippen LogP contribution in [0.1, 0.15) is 11.1 Å². The minimum Gasteiger partial charge on any atom is -0.366 e. The van der Waals surface area contributed by atoms with Gasteiger partial charge in [-0.15, -0.1) is 0 Å². The van der Waals surface area contributed by atoms with E-state index >= 15 is 0 Å². The van der Waals surface area contributed by atoms with E-state index in [1.54, 1.807) is 6.07 Å². The minimum absolute atomic E-state index is 0.620. The predicted octanol–water partition coefficient (Wildman–Crippen LogP) is 4.11. The first kappa shape index (κ1) is 14.9. The van der Waals surface area contributed by atoms with Gasteiger partial charge in [0.1, 0.15) is 5.82 Å². The van der Waals surface area contributed by atoms with E-state index in [0.717, 1.165) is 33.3 Å². The van der Waals surface area contributed by atoms with Crippen molar-refractivity contribution >= 4 is 16.6 Å². The third-order valence-electron chi connectivity index (χ3n) is 4.08. The van der Waals surface area contributed by atoms with Gasteiger partial charge in [0, 0.05) is 29.9 Å². The maximum atomic E-state index is 8.98. The zero-order valence-corrected chi connectivity index (χ0v) is 13.4. The summed E-state index contributed by atoms with van der Waals surface area (Å²) in [4.78, 5) is 4.46. The van der Waals surface area contributed by atoms with Crippen molar-refractivity contribution in [3.63, 3.8) is 0 Å². The number of nitriles is 1. The van der Waals surface area contributed by atoms with Crippen LogP contribution < -0.4 is 5.32 Å². The van der Waals surface area contributed by atoms with Gasteiger partial charge in [-0.05, 0) is 40.8 Å². The summed E-state index contributed by atoms with van der Waals surface area (Å²) in [5, 5.41) is 21.3. The Kier molecular flexibility index (Phi) is 3.85. The van der Waals surface area contributed by atoms with E-state index in [9.17, 15) is 0 Å². The van der Waals surface area contributed by atoms with Crippen molar-refractivity contribution in [3.05, 3.63) is 78.2 Å². The van der Waals surface area contributed by atoms with E-state index < -0.39 is 0 Å². The highest BCUT2D eigenvalue weighted by atomic mass is 15.1. The summed E-state index contributed by atoms with van der Waals surface area (Å²) in [6.45, 7) is 0.620. The number of pyridine rings is 1. The lowest BCUT2D eigenvalue weighted by atomic mass is 10.1. The Balaban J connectivity index is 1.58. The van der Waals surface area contributed by atoms with Gasteiger partial charge in [0.25, 0.3) is 0 Å². The second kappa shape index (κ2) is 6.46. The topological polar surface area (TPSA) is 77.4 Å². The average molecular weight is 325 g/mol. The zero-order chi connectivity index (χ0) is 17.1. The largest absolute Gasteiger partial charge is 0.366 e. The zero-order valence-electron chi connectivity index (χ0n) is 13.4. The summed E-state index contributed by atoms with van der Waals surface area (Å²) >= 11 is 0. The maximum Gasteiger partial charge on any atom is 0.126 e. The molecule has 0 atom stereocenters. The summed E-state index contributed by atoms with van der Waals surface area (Å²) in [6.07, 6.45) is 5.55. The SMILES string of the molecule is N#Cc1cccc(CNc2cc3cc(-c4cn[nH]c4)ccc3cn2)c1. The van der Waals surface area contributed by atoms with Gasteiger partial charge in [0.05, 0.1) is 17.8 Å². The molecule has 2 aromatic heterocycles. The van der Waals surface area contributed by atoms with E-state index in [-0.39, 0.29) is 0 Å². The minimum atomic E-state index is 0.620. The monoisotopic (exact) mass is 325 g/mol. The van der Waals surface area contributed by atoms with Gasteiger partial charge < -0.3 is 5.32 Å². The maximum absolute atomic E-state index is 8.98. The predicted molar refractivity (Wildman–Crippen MR) is 97.8 cm³/mol. The van der Waals surface area contributed by atoms with Gasteiger partial charge in [0.15, 0.2) is 0 Å². The molecule has 0 saturated heterocycles. The van der Waals surface area contributed by atoms with Crippen molar-refractivity contribution in [2.45, 2.75) is 6.54 Å². The summed E-state index contributed by atoms with van der Waals surface area (Å²) in [5.74, 6) is 0.805. The molecule has 0 fully saturated rings. The fourth-order valence-corrected chi connectivity index (χ4v) is 2.77. The first-order chi connectivity index (χ1) is 12.3. The molecule has 0 aliphatic carbocycles.